The minimum Gasteiger partial charge on any atom is -0.335 e. The Morgan fingerprint density at radius 3 is 2.28 bits per heavy atom. The van der Waals surface area contributed by atoms with Gasteiger partial charge in [-0.1, -0.05) is 25.3 Å². The van der Waals surface area contributed by atoms with Crippen LogP contribution in [0.4, 0.5) is 10.5 Å². The molecule has 2 N–H and O–H groups in total. The molecule has 0 radical (unpaired) electrons. The van der Waals surface area contributed by atoms with Crippen LogP contribution in [-0.2, 0) is 0 Å². The van der Waals surface area contributed by atoms with E-state index in [1.807, 2.05) is 26.0 Å². The molecule has 0 saturated heterocycles. The van der Waals surface area contributed by atoms with Crippen molar-refractivity contribution in [3.8, 4) is 0 Å². The van der Waals surface area contributed by atoms with E-state index in [0.29, 0.717) is 6.04 Å². The van der Waals surface area contributed by atoms with Gasteiger partial charge in [-0.3, -0.25) is 0 Å². The van der Waals surface area contributed by atoms with Gasteiger partial charge in [0.05, 0.1) is 0 Å². The molecular weight excluding hydrogens is 224 g/mol. The first kappa shape index (κ1) is 12.9. The number of amides is 2. The zero-order valence-corrected chi connectivity index (χ0v) is 11.3. The summed E-state index contributed by atoms with van der Waals surface area (Å²) in [6.45, 7) is 4.08. The minimum atomic E-state index is -0.0769. The Morgan fingerprint density at radius 1 is 1.06 bits per heavy atom. The summed E-state index contributed by atoms with van der Waals surface area (Å²) in [6, 6.07) is 6.36. The molecule has 3 heteroatoms. The van der Waals surface area contributed by atoms with Crippen LogP contribution >= 0.6 is 0 Å². The molecule has 98 valence electrons. The summed E-state index contributed by atoms with van der Waals surface area (Å²) in [6.07, 6.45) is 5.99. The van der Waals surface area contributed by atoms with E-state index in [2.05, 4.69) is 16.7 Å². The Bertz CT molecular complexity index is 402. The third-order valence-corrected chi connectivity index (χ3v) is 3.42. The van der Waals surface area contributed by atoms with Gasteiger partial charge in [0.2, 0.25) is 0 Å². The third-order valence-electron chi connectivity index (χ3n) is 3.42. The molecule has 1 aliphatic carbocycles. The van der Waals surface area contributed by atoms with Crippen LogP contribution in [0.2, 0.25) is 0 Å². The van der Waals surface area contributed by atoms with Gasteiger partial charge in [-0.05, 0) is 49.9 Å². The quantitative estimate of drug-likeness (QED) is 0.819. The summed E-state index contributed by atoms with van der Waals surface area (Å²) in [5, 5.41) is 5.98. The molecule has 0 bridgehead atoms. The zero-order chi connectivity index (χ0) is 13.0. The molecule has 1 saturated carbocycles. The fourth-order valence-electron chi connectivity index (χ4n) is 2.65. The number of hydrogen-bond donors (Lipinski definition) is 2. The van der Waals surface area contributed by atoms with Crippen LogP contribution in [-0.4, -0.2) is 12.1 Å². The van der Waals surface area contributed by atoms with Crippen molar-refractivity contribution in [3.63, 3.8) is 0 Å². The van der Waals surface area contributed by atoms with Gasteiger partial charge in [0.1, 0.15) is 0 Å². The molecule has 0 aromatic heterocycles. The van der Waals surface area contributed by atoms with Gasteiger partial charge in [0.25, 0.3) is 0 Å². The topological polar surface area (TPSA) is 41.1 Å². The fourth-order valence-corrected chi connectivity index (χ4v) is 2.65. The smallest absolute Gasteiger partial charge is 0.319 e. The number of benzene rings is 1. The van der Waals surface area contributed by atoms with Gasteiger partial charge in [0, 0.05) is 11.7 Å². The van der Waals surface area contributed by atoms with Crippen LogP contribution in [0, 0.1) is 13.8 Å². The van der Waals surface area contributed by atoms with Gasteiger partial charge in [0.15, 0.2) is 0 Å². The van der Waals surface area contributed by atoms with Crippen molar-refractivity contribution >= 4 is 11.7 Å². The molecule has 1 aliphatic rings. The Kier molecular flexibility index (Phi) is 4.24. The van der Waals surface area contributed by atoms with Gasteiger partial charge in [-0.2, -0.15) is 0 Å². The highest BCUT2D eigenvalue weighted by molar-refractivity contribution is 5.89. The normalized spacial score (nSPS) is 16.3. The van der Waals surface area contributed by atoms with Crippen molar-refractivity contribution in [1.82, 2.24) is 5.32 Å². The van der Waals surface area contributed by atoms with Gasteiger partial charge >= 0.3 is 6.03 Å². The number of hydrogen-bond acceptors (Lipinski definition) is 1. The molecule has 0 aliphatic heterocycles. The van der Waals surface area contributed by atoms with Crippen LogP contribution in [0.3, 0.4) is 0 Å². The first-order chi connectivity index (χ1) is 8.63. The van der Waals surface area contributed by atoms with Gasteiger partial charge in [-0.15, -0.1) is 0 Å². The number of carbonyl (C=O) groups excluding carboxylic acids is 1. The first-order valence-electron chi connectivity index (χ1n) is 6.79. The maximum Gasteiger partial charge on any atom is 0.319 e. The Hall–Kier alpha value is -1.51. The maximum atomic E-state index is 11.9. The molecule has 0 atom stereocenters. The highest BCUT2D eigenvalue weighted by Crippen LogP contribution is 2.18. The molecule has 0 unspecified atom stereocenters. The fraction of sp³-hybridized carbons (Fsp3) is 0.533. The number of aryl methyl sites for hydroxylation is 2. The molecular formula is C15H22N2O. The lowest BCUT2D eigenvalue weighted by atomic mass is 9.96. The zero-order valence-electron chi connectivity index (χ0n) is 11.3. The average molecular weight is 246 g/mol. The second-order valence-corrected chi connectivity index (χ2v) is 5.31. The average Bonchev–Trinajstić information content (AvgIpc) is 2.28. The van der Waals surface area contributed by atoms with E-state index in [4.69, 9.17) is 0 Å². The van der Waals surface area contributed by atoms with Gasteiger partial charge in [-0.25, -0.2) is 4.79 Å². The summed E-state index contributed by atoms with van der Waals surface area (Å²) >= 11 is 0. The van der Waals surface area contributed by atoms with Crippen molar-refractivity contribution in [1.29, 1.82) is 0 Å². The van der Waals surface area contributed by atoms with Crippen LogP contribution in [0.25, 0.3) is 0 Å². The summed E-state index contributed by atoms with van der Waals surface area (Å²) in [4.78, 5) is 11.9. The Morgan fingerprint density at radius 2 is 1.67 bits per heavy atom. The van der Waals surface area contributed by atoms with E-state index in [1.165, 1.54) is 30.4 Å². The Labute approximate surface area is 109 Å². The standard InChI is InChI=1S/C15H22N2O/c1-11-8-12(2)10-14(9-11)17-15(18)16-13-6-4-3-5-7-13/h8-10,13H,3-7H2,1-2H3,(H2,16,17,18). The maximum absolute atomic E-state index is 11.9. The number of urea groups is 1. The van der Waals surface area contributed by atoms with Crippen LogP contribution < -0.4 is 10.6 Å². The second-order valence-electron chi connectivity index (χ2n) is 5.31. The van der Waals surface area contributed by atoms with Crippen molar-refractivity contribution in [2.24, 2.45) is 0 Å². The van der Waals surface area contributed by atoms with E-state index in [9.17, 15) is 4.79 Å². The lowest BCUT2D eigenvalue weighted by Crippen LogP contribution is -2.39. The largest absolute Gasteiger partial charge is 0.335 e. The van der Waals surface area contributed by atoms with Crippen molar-refractivity contribution in [2.75, 3.05) is 5.32 Å². The lowest BCUT2D eigenvalue weighted by Gasteiger charge is -2.23. The molecule has 1 aromatic carbocycles. The molecule has 1 aromatic rings. The molecule has 2 rings (SSSR count). The summed E-state index contributed by atoms with van der Waals surface area (Å²) in [5.74, 6) is 0. The molecule has 2 amide bonds. The predicted molar refractivity (Wildman–Crippen MR) is 74.9 cm³/mol. The van der Waals surface area contributed by atoms with Gasteiger partial charge < -0.3 is 10.6 Å². The third kappa shape index (κ3) is 3.76. The summed E-state index contributed by atoms with van der Waals surface area (Å²) < 4.78 is 0. The highest BCUT2D eigenvalue weighted by Gasteiger charge is 2.15. The highest BCUT2D eigenvalue weighted by atomic mass is 16.2. The van der Waals surface area contributed by atoms with Crippen molar-refractivity contribution in [2.45, 2.75) is 52.0 Å². The number of carbonyl (C=O) groups is 1. The summed E-state index contributed by atoms with van der Waals surface area (Å²) in [7, 11) is 0. The summed E-state index contributed by atoms with van der Waals surface area (Å²) in [5.41, 5.74) is 3.21. The first-order valence-corrected chi connectivity index (χ1v) is 6.79. The molecule has 0 heterocycles. The SMILES string of the molecule is Cc1cc(C)cc(NC(=O)NC2CCCCC2)c1. The molecule has 18 heavy (non-hydrogen) atoms. The van der Waals surface area contributed by atoms with E-state index < -0.39 is 0 Å². The lowest BCUT2D eigenvalue weighted by molar-refractivity contribution is 0.244. The predicted octanol–water partition coefficient (Wildman–Crippen LogP) is 3.76. The van der Waals surface area contributed by atoms with Crippen LogP contribution in [0.5, 0.6) is 0 Å². The molecule has 1 fully saturated rings. The Balaban J connectivity index is 1.89. The molecule has 0 spiro atoms. The van der Waals surface area contributed by atoms with Crippen LogP contribution in [0.15, 0.2) is 18.2 Å². The van der Waals surface area contributed by atoms with E-state index in [0.717, 1.165) is 18.5 Å². The monoisotopic (exact) mass is 246 g/mol. The van der Waals surface area contributed by atoms with E-state index >= 15 is 0 Å². The van der Waals surface area contributed by atoms with E-state index in [-0.39, 0.29) is 6.03 Å². The minimum absolute atomic E-state index is 0.0769. The number of nitrogens with one attached hydrogen (secondary N) is 2. The second kappa shape index (κ2) is 5.89. The van der Waals surface area contributed by atoms with Crippen LogP contribution in [0.1, 0.15) is 43.2 Å². The number of rotatable bonds is 2. The van der Waals surface area contributed by atoms with E-state index in [1.54, 1.807) is 0 Å². The van der Waals surface area contributed by atoms with Crippen molar-refractivity contribution in [3.05, 3.63) is 29.3 Å². The number of anilines is 1. The molecule has 3 nitrogen and oxygen atoms in total. The van der Waals surface area contributed by atoms with Crippen molar-refractivity contribution < 1.29 is 4.79 Å².